The van der Waals surface area contributed by atoms with E-state index in [1.54, 1.807) is 4.90 Å². The fourth-order valence-corrected chi connectivity index (χ4v) is 4.13. The van der Waals surface area contributed by atoms with Crippen molar-refractivity contribution in [2.45, 2.75) is 58.7 Å². The number of carbonyl (C=O) groups is 2. The van der Waals surface area contributed by atoms with Crippen LogP contribution in [0.3, 0.4) is 0 Å². The molecule has 0 bridgehead atoms. The van der Waals surface area contributed by atoms with E-state index < -0.39 is 6.04 Å². The van der Waals surface area contributed by atoms with Gasteiger partial charge >= 0.3 is 0 Å². The zero-order valence-electron chi connectivity index (χ0n) is 18.8. The molecule has 2 aromatic carbocycles. The molecule has 1 atom stereocenters. The Morgan fingerprint density at radius 3 is 2.16 bits per heavy atom. The predicted octanol–water partition coefficient (Wildman–Crippen LogP) is 2.26. The van der Waals surface area contributed by atoms with Crippen LogP contribution in [-0.2, 0) is 29.1 Å². The second-order valence-corrected chi connectivity index (χ2v) is 8.97. The molecule has 1 aliphatic rings. The number of quaternary nitrogens is 1. The Morgan fingerprint density at radius 2 is 1.52 bits per heavy atom. The molecule has 5 nitrogen and oxygen atoms in total. The van der Waals surface area contributed by atoms with Crippen LogP contribution >= 0.6 is 0 Å². The largest absolute Gasteiger partial charge is 0.350 e. The molecule has 2 aromatic rings. The minimum Gasteiger partial charge on any atom is -0.350 e. The quantitative estimate of drug-likeness (QED) is 0.581. The average Bonchev–Trinajstić information content (AvgIpc) is 2.78. The first-order valence-corrected chi connectivity index (χ1v) is 11.5. The van der Waals surface area contributed by atoms with E-state index in [4.69, 9.17) is 0 Å². The highest BCUT2D eigenvalue weighted by Gasteiger charge is 2.24. The molecule has 166 valence electrons. The van der Waals surface area contributed by atoms with E-state index >= 15 is 0 Å². The molecule has 1 heterocycles. The molecule has 0 radical (unpaired) electrons. The molecule has 5 heteroatoms. The maximum Gasteiger partial charge on any atom is 0.243 e. The summed E-state index contributed by atoms with van der Waals surface area (Å²) in [5, 5.41) is 5.89. The topological polar surface area (TPSA) is 62.6 Å². The minimum absolute atomic E-state index is 0.00891. The Morgan fingerprint density at radius 1 is 0.871 bits per heavy atom. The number of piperidine rings is 1. The number of amides is 2. The van der Waals surface area contributed by atoms with E-state index in [0.717, 1.165) is 17.7 Å². The van der Waals surface area contributed by atoms with Crippen LogP contribution in [0.25, 0.3) is 0 Å². The van der Waals surface area contributed by atoms with Gasteiger partial charge in [-0.3, -0.25) is 9.59 Å². The second kappa shape index (κ2) is 11.7. The first kappa shape index (κ1) is 23.0. The first-order chi connectivity index (χ1) is 15.0. The van der Waals surface area contributed by atoms with E-state index in [0.29, 0.717) is 6.54 Å². The molecule has 0 saturated carbocycles. The van der Waals surface area contributed by atoms with E-state index in [2.05, 4.69) is 34.9 Å². The molecule has 3 rings (SSSR count). The summed E-state index contributed by atoms with van der Waals surface area (Å²) >= 11 is 0. The Bertz CT molecular complexity index is 827. The average molecular weight is 423 g/mol. The molecule has 31 heavy (non-hydrogen) atoms. The summed E-state index contributed by atoms with van der Waals surface area (Å²) in [5.41, 5.74) is 3.36. The maximum atomic E-state index is 12.7. The third-order valence-corrected chi connectivity index (χ3v) is 5.98. The van der Waals surface area contributed by atoms with Crippen molar-refractivity contribution in [3.05, 3.63) is 71.3 Å². The van der Waals surface area contributed by atoms with E-state index in [-0.39, 0.29) is 24.2 Å². The number of benzene rings is 2. The van der Waals surface area contributed by atoms with Crippen molar-refractivity contribution >= 4 is 11.8 Å². The molecule has 0 aliphatic carbocycles. The number of likely N-dealkylation sites (tertiary alicyclic amines) is 1. The molecule has 0 unspecified atom stereocenters. The van der Waals surface area contributed by atoms with Crippen molar-refractivity contribution < 1.29 is 14.5 Å². The standard InChI is InChI=1S/C26H35N3O2/c1-20(2)25(28-24(30)17-21-9-5-3-6-10-21)26(31)27-18-22-11-13-23(14-12-22)19-29-15-7-4-8-16-29/h3,5-6,9-14,20,25H,4,7-8,15-19H2,1-2H3,(H,27,31)(H,28,30)/p+1/t25-/m0/s1. The molecule has 1 fully saturated rings. The highest BCUT2D eigenvalue weighted by atomic mass is 16.2. The van der Waals surface area contributed by atoms with Crippen LogP contribution in [0.5, 0.6) is 0 Å². The zero-order chi connectivity index (χ0) is 22.1. The summed E-state index contributed by atoms with van der Waals surface area (Å²) in [5.74, 6) is -0.266. The summed E-state index contributed by atoms with van der Waals surface area (Å²) in [6.45, 7) is 7.98. The van der Waals surface area contributed by atoms with Crippen LogP contribution in [0, 0.1) is 5.92 Å². The number of carbonyl (C=O) groups excluding carboxylic acids is 2. The highest BCUT2D eigenvalue weighted by Crippen LogP contribution is 2.07. The lowest BCUT2D eigenvalue weighted by molar-refractivity contribution is -0.918. The van der Waals surface area contributed by atoms with Gasteiger partial charge in [-0.1, -0.05) is 68.4 Å². The van der Waals surface area contributed by atoms with Gasteiger partial charge in [-0.05, 0) is 36.3 Å². The van der Waals surface area contributed by atoms with Crippen molar-refractivity contribution in [3.63, 3.8) is 0 Å². The molecule has 3 N–H and O–H groups in total. The fraction of sp³-hybridized carbons (Fsp3) is 0.462. The zero-order valence-corrected chi connectivity index (χ0v) is 18.8. The lowest BCUT2D eigenvalue weighted by atomic mass is 10.0. The lowest BCUT2D eigenvalue weighted by Gasteiger charge is -2.23. The number of hydrogen-bond donors (Lipinski definition) is 3. The van der Waals surface area contributed by atoms with Gasteiger partial charge in [0.05, 0.1) is 19.5 Å². The molecule has 0 aromatic heterocycles. The van der Waals surface area contributed by atoms with Gasteiger partial charge in [0.1, 0.15) is 12.6 Å². The molecule has 0 spiro atoms. The van der Waals surface area contributed by atoms with Crippen LogP contribution in [0.2, 0.25) is 0 Å². The third kappa shape index (κ3) is 7.51. The van der Waals surface area contributed by atoms with E-state index in [1.807, 2.05) is 44.2 Å². The number of nitrogens with one attached hydrogen (secondary N) is 3. The highest BCUT2D eigenvalue weighted by molar-refractivity contribution is 5.88. The summed E-state index contributed by atoms with van der Waals surface area (Å²) in [6.07, 6.45) is 4.31. The van der Waals surface area contributed by atoms with Crippen molar-refractivity contribution in [1.29, 1.82) is 0 Å². The summed E-state index contributed by atoms with van der Waals surface area (Å²) in [7, 11) is 0. The first-order valence-electron chi connectivity index (χ1n) is 11.5. The molecule has 1 aliphatic heterocycles. The third-order valence-electron chi connectivity index (χ3n) is 5.98. The van der Waals surface area contributed by atoms with Gasteiger partial charge < -0.3 is 15.5 Å². The lowest BCUT2D eigenvalue weighted by Crippen LogP contribution is -3.11. The van der Waals surface area contributed by atoms with Crippen molar-refractivity contribution in [2.24, 2.45) is 5.92 Å². The van der Waals surface area contributed by atoms with E-state index in [1.165, 1.54) is 37.9 Å². The van der Waals surface area contributed by atoms with Gasteiger partial charge in [0.25, 0.3) is 0 Å². The molecule has 2 amide bonds. The number of hydrogen-bond acceptors (Lipinski definition) is 2. The van der Waals surface area contributed by atoms with Crippen LogP contribution < -0.4 is 15.5 Å². The smallest absolute Gasteiger partial charge is 0.243 e. The van der Waals surface area contributed by atoms with Crippen LogP contribution in [0.15, 0.2) is 54.6 Å². The number of rotatable bonds is 9. The second-order valence-electron chi connectivity index (χ2n) is 8.97. The Balaban J connectivity index is 1.48. The van der Waals surface area contributed by atoms with Gasteiger partial charge in [-0.15, -0.1) is 0 Å². The van der Waals surface area contributed by atoms with Crippen molar-refractivity contribution in [2.75, 3.05) is 13.1 Å². The SMILES string of the molecule is CC(C)[C@H](NC(=O)Cc1ccccc1)C(=O)NCc1ccc(C[NH+]2CCCCC2)cc1. The molecular formula is C26H36N3O2+. The fourth-order valence-electron chi connectivity index (χ4n) is 4.13. The van der Waals surface area contributed by atoms with Gasteiger partial charge in [-0.2, -0.15) is 0 Å². The monoisotopic (exact) mass is 422 g/mol. The van der Waals surface area contributed by atoms with E-state index in [9.17, 15) is 9.59 Å². The summed E-state index contributed by atoms with van der Waals surface area (Å²) < 4.78 is 0. The Labute approximate surface area is 186 Å². The Hall–Kier alpha value is -2.66. The van der Waals surface area contributed by atoms with Crippen LogP contribution in [0.1, 0.15) is 49.8 Å². The maximum absolute atomic E-state index is 12.7. The molecular weight excluding hydrogens is 386 g/mol. The van der Waals surface area contributed by atoms with Gasteiger partial charge in [0.2, 0.25) is 11.8 Å². The predicted molar refractivity (Wildman–Crippen MR) is 123 cm³/mol. The van der Waals surface area contributed by atoms with Gasteiger partial charge in [0, 0.05) is 12.1 Å². The van der Waals surface area contributed by atoms with Crippen LogP contribution in [-0.4, -0.2) is 30.9 Å². The summed E-state index contributed by atoms with van der Waals surface area (Å²) in [6, 6.07) is 17.6. The normalized spacial score (nSPS) is 15.5. The Kier molecular flexibility index (Phi) is 8.65. The van der Waals surface area contributed by atoms with Gasteiger partial charge in [0.15, 0.2) is 0 Å². The van der Waals surface area contributed by atoms with Crippen molar-refractivity contribution in [1.82, 2.24) is 10.6 Å². The minimum atomic E-state index is -0.543. The van der Waals surface area contributed by atoms with Crippen molar-refractivity contribution in [3.8, 4) is 0 Å². The van der Waals surface area contributed by atoms with Gasteiger partial charge in [-0.25, -0.2) is 0 Å². The summed E-state index contributed by atoms with van der Waals surface area (Å²) in [4.78, 5) is 26.8. The van der Waals surface area contributed by atoms with Crippen LogP contribution in [0.4, 0.5) is 0 Å². The molecule has 1 saturated heterocycles.